The summed E-state index contributed by atoms with van der Waals surface area (Å²) < 4.78 is 6.63. The molecule has 0 radical (unpaired) electrons. The molecule has 0 aliphatic heterocycles. The molecule has 0 spiro atoms. The Bertz CT molecular complexity index is 572. The molecule has 0 saturated carbocycles. The zero-order valence-electron chi connectivity index (χ0n) is 10.4. The van der Waals surface area contributed by atoms with Crippen molar-refractivity contribution in [2.75, 3.05) is 0 Å². The van der Waals surface area contributed by atoms with Crippen molar-refractivity contribution >= 4 is 27.5 Å². The number of para-hydroxylation sites is 1. The number of hydrogen-bond donors (Lipinski definition) is 1. The Morgan fingerprint density at radius 2 is 1.95 bits per heavy atom. The fraction of sp³-hybridized carbons (Fsp3) is 0.200. The number of rotatable bonds is 4. The van der Waals surface area contributed by atoms with E-state index in [0.717, 1.165) is 10.0 Å². The molecule has 19 heavy (non-hydrogen) atoms. The van der Waals surface area contributed by atoms with Crippen LogP contribution in [0.3, 0.4) is 0 Å². The third kappa shape index (κ3) is 3.50. The number of hydrogen-bond acceptors (Lipinski definition) is 2. The fourth-order valence-electron chi connectivity index (χ4n) is 1.75. The highest BCUT2D eigenvalue weighted by molar-refractivity contribution is 9.10. The van der Waals surface area contributed by atoms with E-state index in [1.54, 1.807) is 18.2 Å². The summed E-state index contributed by atoms with van der Waals surface area (Å²) in [7, 11) is 0. The summed E-state index contributed by atoms with van der Waals surface area (Å²) in [6.07, 6.45) is 0.115. The first kappa shape index (κ1) is 14.4. The lowest BCUT2D eigenvalue weighted by Crippen LogP contribution is -1.98. The SMILES string of the molecule is CC[C@H](O)c1ccccc1Oc1ccc(Cl)cc1Br. The van der Waals surface area contributed by atoms with Crippen LogP contribution in [0.15, 0.2) is 46.9 Å². The average molecular weight is 342 g/mol. The van der Waals surface area contributed by atoms with Crippen LogP contribution < -0.4 is 4.74 Å². The minimum absolute atomic E-state index is 0.526. The fourth-order valence-corrected chi connectivity index (χ4v) is 2.51. The quantitative estimate of drug-likeness (QED) is 0.813. The van der Waals surface area contributed by atoms with E-state index in [9.17, 15) is 5.11 Å². The van der Waals surface area contributed by atoms with Gasteiger partial charge in [0.2, 0.25) is 0 Å². The first-order valence-corrected chi connectivity index (χ1v) is 7.18. The normalized spacial score (nSPS) is 12.2. The molecule has 0 bridgehead atoms. The van der Waals surface area contributed by atoms with E-state index in [1.807, 2.05) is 31.2 Å². The number of aliphatic hydroxyl groups excluding tert-OH is 1. The molecule has 1 N–H and O–H groups in total. The van der Waals surface area contributed by atoms with Gasteiger partial charge in [0.15, 0.2) is 0 Å². The summed E-state index contributed by atoms with van der Waals surface area (Å²) in [5.74, 6) is 1.32. The Balaban J connectivity index is 2.33. The van der Waals surface area contributed by atoms with Crippen molar-refractivity contribution in [3.05, 3.63) is 57.5 Å². The maximum Gasteiger partial charge on any atom is 0.141 e. The molecule has 0 saturated heterocycles. The smallest absolute Gasteiger partial charge is 0.141 e. The molecule has 0 amide bonds. The van der Waals surface area contributed by atoms with Crippen LogP contribution in [0.25, 0.3) is 0 Å². The largest absolute Gasteiger partial charge is 0.456 e. The Hall–Kier alpha value is -1.03. The molecule has 0 aliphatic carbocycles. The zero-order valence-corrected chi connectivity index (χ0v) is 12.8. The van der Waals surface area contributed by atoms with Gasteiger partial charge >= 0.3 is 0 Å². The summed E-state index contributed by atoms with van der Waals surface area (Å²) in [6.45, 7) is 1.93. The number of aliphatic hydroxyl groups is 1. The Morgan fingerprint density at radius 1 is 1.21 bits per heavy atom. The molecule has 0 unspecified atom stereocenters. The molecule has 0 fully saturated rings. The van der Waals surface area contributed by atoms with Crippen molar-refractivity contribution in [1.82, 2.24) is 0 Å². The van der Waals surface area contributed by atoms with Gasteiger partial charge in [-0.05, 0) is 46.6 Å². The predicted molar refractivity (Wildman–Crippen MR) is 80.9 cm³/mol. The monoisotopic (exact) mass is 340 g/mol. The van der Waals surface area contributed by atoms with Crippen LogP contribution in [-0.2, 0) is 0 Å². The lowest BCUT2D eigenvalue weighted by molar-refractivity contribution is 0.170. The maximum absolute atomic E-state index is 9.99. The van der Waals surface area contributed by atoms with Crippen LogP contribution in [0.4, 0.5) is 0 Å². The second-order valence-electron chi connectivity index (χ2n) is 4.14. The van der Waals surface area contributed by atoms with Gasteiger partial charge in [-0.3, -0.25) is 0 Å². The van der Waals surface area contributed by atoms with E-state index < -0.39 is 6.10 Å². The van der Waals surface area contributed by atoms with Crippen molar-refractivity contribution in [1.29, 1.82) is 0 Å². The predicted octanol–water partition coefficient (Wildman–Crippen LogP) is 5.34. The van der Waals surface area contributed by atoms with Crippen molar-refractivity contribution in [2.45, 2.75) is 19.4 Å². The standard InChI is InChI=1S/C15H14BrClO2/c1-2-13(18)11-5-3-4-6-14(11)19-15-8-7-10(17)9-12(15)16/h3-9,13,18H,2H2,1H3/t13-/m0/s1. The van der Waals surface area contributed by atoms with Gasteiger partial charge in [0, 0.05) is 10.6 Å². The third-order valence-electron chi connectivity index (χ3n) is 2.78. The molecular formula is C15H14BrClO2. The van der Waals surface area contributed by atoms with Crippen LogP contribution in [0.5, 0.6) is 11.5 Å². The summed E-state index contributed by atoms with van der Waals surface area (Å²) >= 11 is 9.31. The summed E-state index contributed by atoms with van der Waals surface area (Å²) in [4.78, 5) is 0. The molecule has 2 aromatic rings. The Labute approximate surface area is 126 Å². The molecular weight excluding hydrogens is 328 g/mol. The number of halogens is 2. The van der Waals surface area contributed by atoms with Crippen molar-refractivity contribution in [3.63, 3.8) is 0 Å². The van der Waals surface area contributed by atoms with Gasteiger partial charge in [-0.25, -0.2) is 0 Å². The van der Waals surface area contributed by atoms with Gasteiger partial charge in [-0.15, -0.1) is 0 Å². The lowest BCUT2D eigenvalue weighted by Gasteiger charge is -2.15. The summed E-state index contributed by atoms with van der Waals surface area (Å²) in [5.41, 5.74) is 0.784. The first-order valence-electron chi connectivity index (χ1n) is 6.01. The van der Waals surface area contributed by atoms with Gasteiger partial charge in [-0.1, -0.05) is 36.7 Å². The topological polar surface area (TPSA) is 29.5 Å². The minimum atomic E-state index is -0.526. The second-order valence-corrected chi connectivity index (χ2v) is 5.43. The highest BCUT2D eigenvalue weighted by Crippen LogP contribution is 2.35. The van der Waals surface area contributed by atoms with Gasteiger partial charge in [0.05, 0.1) is 10.6 Å². The van der Waals surface area contributed by atoms with Crippen LogP contribution in [0.2, 0.25) is 5.02 Å². The molecule has 0 aliphatic rings. The summed E-state index contributed by atoms with van der Waals surface area (Å²) in [6, 6.07) is 12.8. The number of ether oxygens (including phenoxy) is 1. The van der Waals surface area contributed by atoms with E-state index >= 15 is 0 Å². The van der Waals surface area contributed by atoms with E-state index in [1.165, 1.54) is 0 Å². The molecule has 2 aromatic carbocycles. The van der Waals surface area contributed by atoms with Gasteiger partial charge in [-0.2, -0.15) is 0 Å². The summed E-state index contributed by atoms with van der Waals surface area (Å²) in [5, 5.41) is 10.6. The third-order valence-corrected chi connectivity index (χ3v) is 3.63. The molecule has 2 rings (SSSR count). The van der Waals surface area contributed by atoms with Gasteiger partial charge in [0.25, 0.3) is 0 Å². The van der Waals surface area contributed by atoms with Crippen molar-refractivity contribution < 1.29 is 9.84 Å². The average Bonchev–Trinajstić information content (AvgIpc) is 2.41. The lowest BCUT2D eigenvalue weighted by atomic mass is 10.1. The van der Waals surface area contributed by atoms with E-state index in [2.05, 4.69) is 15.9 Å². The molecule has 2 nitrogen and oxygen atoms in total. The Kier molecular flexibility index (Phi) is 4.86. The van der Waals surface area contributed by atoms with Gasteiger partial charge in [0.1, 0.15) is 11.5 Å². The van der Waals surface area contributed by atoms with E-state index in [0.29, 0.717) is 22.9 Å². The van der Waals surface area contributed by atoms with Crippen LogP contribution in [0, 0.1) is 0 Å². The molecule has 4 heteroatoms. The first-order chi connectivity index (χ1) is 9.11. The second kappa shape index (κ2) is 6.42. The van der Waals surface area contributed by atoms with Crippen LogP contribution in [0.1, 0.15) is 25.0 Å². The minimum Gasteiger partial charge on any atom is -0.456 e. The van der Waals surface area contributed by atoms with Crippen molar-refractivity contribution in [2.24, 2.45) is 0 Å². The van der Waals surface area contributed by atoms with E-state index in [-0.39, 0.29) is 0 Å². The number of benzene rings is 2. The van der Waals surface area contributed by atoms with Crippen LogP contribution in [-0.4, -0.2) is 5.11 Å². The van der Waals surface area contributed by atoms with Gasteiger partial charge < -0.3 is 9.84 Å². The highest BCUT2D eigenvalue weighted by atomic mass is 79.9. The van der Waals surface area contributed by atoms with Crippen LogP contribution >= 0.6 is 27.5 Å². The molecule has 0 aromatic heterocycles. The Morgan fingerprint density at radius 3 is 2.63 bits per heavy atom. The van der Waals surface area contributed by atoms with Crippen molar-refractivity contribution in [3.8, 4) is 11.5 Å². The van der Waals surface area contributed by atoms with E-state index in [4.69, 9.17) is 16.3 Å². The maximum atomic E-state index is 9.99. The highest BCUT2D eigenvalue weighted by Gasteiger charge is 2.12. The molecule has 0 heterocycles. The molecule has 100 valence electrons. The zero-order chi connectivity index (χ0) is 13.8. The molecule has 1 atom stereocenters.